The van der Waals surface area contributed by atoms with Crippen molar-refractivity contribution in [2.75, 3.05) is 13.6 Å². The minimum Gasteiger partial charge on any atom is -0.357 e. The lowest BCUT2D eigenvalue weighted by Gasteiger charge is -2.20. The Kier molecular flexibility index (Phi) is 5.44. The van der Waals surface area contributed by atoms with E-state index in [0.717, 1.165) is 31.3 Å². The molecule has 7 nitrogen and oxygen atoms in total. The van der Waals surface area contributed by atoms with E-state index >= 15 is 0 Å². The number of rotatable bonds is 5. The van der Waals surface area contributed by atoms with Gasteiger partial charge in [0.15, 0.2) is 5.96 Å². The maximum atomic E-state index is 4.83. The van der Waals surface area contributed by atoms with Crippen LogP contribution in [-0.2, 0) is 33.0 Å². The summed E-state index contributed by atoms with van der Waals surface area (Å²) >= 11 is 1.86. The molecule has 24 heavy (non-hydrogen) atoms. The molecule has 1 aliphatic carbocycles. The number of fused-ring (bicyclic) bond motifs is 1. The van der Waals surface area contributed by atoms with Gasteiger partial charge in [-0.2, -0.15) is 5.10 Å². The van der Waals surface area contributed by atoms with Crippen LogP contribution in [0.4, 0.5) is 0 Å². The summed E-state index contributed by atoms with van der Waals surface area (Å²) in [6.45, 7) is 4.20. The Balaban J connectivity index is 1.68. The van der Waals surface area contributed by atoms with Crippen molar-refractivity contribution < 1.29 is 0 Å². The molecule has 0 radical (unpaired) electrons. The molecule has 0 aromatic carbocycles. The number of hydrogen-bond acceptors (Lipinski definition) is 5. The molecular weight excluding hydrogens is 322 g/mol. The third kappa shape index (κ3) is 3.92. The third-order valence-corrected chi connectivity index (χ3v) is 5.28. The number of nitrogens with one attached hydrogen (secondary N) is 1. The van der Waals surface area contributed by atoms with Gasteiger partial charge < -0.3 is 10.2 Å². The third-order valence-electron chi connectivity index (χ3n) is 4.13. The maximum absolute atomic E-state index is 4.83. The summed E-state index contributed by atoms with van der Waals surface area (Å²) in [7, 11) is 3.94. The summed E-state index contributed by atoms with van der Waals surface area (Å²) in [6.07, 6.45) is 6.45. The summed E-state index contributed by atoms with van der Waals surface area (Å²) in [4.78, 5) is 17.3. The first-order valence-corrected chi connectivity index (χ1v) is 9.28. The molecular formula is C16H25N7S. The maximum Gasteiger partial charge on any atom is 0.194 e. The highest BCUT2D eigenvalue weighted by Gasteiger charge is 2.17. The van der Waals surface area contributed by atoms with Crippen LogP contribution in [0.3, 0.4) is 0 Å². The predicted molar refractivity (Wildman–Crippen MR) is 96.0 cm³/mol. The topological polar surface area (TPSA) is 71.2 Å². The molecule has 0 bridgehead atoms. The van der Waals surface area contributed by atoms with Crippen LogP contribution in [0.1, 0.15) is 41.2 Å². The monoisotopic (exact) mass is 347 g/mol. The Hall–Kier alpha value is -1.96. The highest BCUT2D eigenvalue weighted by atomic mass is 32.1. The molecule has 0 spiro atoms. The van der Waals surface area contributed by atoms with Crippen LogP contribution in [0.5, 0.6) is 0 Å². The van der Waals surface area contributed by atoms with Crippen molar-refractivity contribution >= 4 is 17.3 Å². The van der Waals surface area contributed by atoms with Gasteiger partial charge in [0, 0.05) is 25.5 Å². The molecule has 0 aliphatic heterocycles. The van der Waals surface area contributed by atoms with E-state index in [0.29, 0.717) is 6.54 Å². The van der Waals surface area contributed by atoms with Gasteiger partial charge >= 0.3 is 0 Å². The number of aromatic nitrogens is 4. The van der Waals surface area contributed by atoms with Gasteiger partial charge in [-0.15, -0.1) is 11.3 Å². The van der Waals surface area contributed by atoms with Crippen molar-refractivity contribution in [3.8, 4) is 0 Å². The van der Waals surface area contributed by atoms with E-state index in [9.17, 15) is 0 Å². The standard InChI is InChI=1S/C16H25N7S/c1-4-17-16(18-9-14-19-11-20-23(14)3)22(2)10-15-21-12-7-5-6-8-13(12)24-15/h11H,4-10H2,1-3H3,(H,17,18). The Bertz CT molecular complexity index is 680. The number of nitrogens with zero attached hydrogens (tertiary/aromatic N) is 6. The summed E-state index contributed by atoms with van der Waals surface area (Å²) in [6, 6.07) is 0. The van der Waals surface area contributed by atoms with Crippen molar-refractivity contribution in [3.05, 3.63) is 27.7 Å². The van der Waals surface area contributed by atoms with Crippen LogP contribution in [0.15, 0.2) is 11.3 Å². The Morgan fingerprint density at radius 3 is 2.96 bits per heavy atom. The lowest BCUT2D eigenvalue weighted by molar-refractivity contribution is 0.474. The highest BCUT2D eigenvalue weighted by Crippen LogP contribution is 2.27. The number of aryl methyl sites for hydroxylation is 3. The van der Waals surface area contributed by atoms with E-state index < -0.39 is 0 Å². The van der Waals surface area contributed by atoms with Gasteiger partial charge in [-0.1, -0.05) is 0 Å². The zero-order chi connectivity index (χ0) is 16.9. The largest absolute Gasteiger partial charge is 0.357 e. The average molecular weight is 347 g/mol. The number of guanidine groups is 1. The van der Waals surface area contributed by atoms with E-state index in [1.54, 1.807) is 11.0 Å². The van der Waals surface area contributed by atoms with Crippen LogP contribution in [-0.4, -0.2) is 44.2 Å². The molecule has 2 heterocycles. The summed E-state index contributed by atoms with van der Waals surface area (Å²) in [5, 5.41) is 8.60. The van der Waals surface area contributed by atoms with Crippen molar-refractivity contribution in [1.82, 2.24) is 30.0 Å². The van der Waals surface area contributed by atoms with Crippen LogP contribution in [0.2, 0.25) is 0 Å². The second-order valence-electron chi connectivity index (χ2n) is 6.01. The Labute approximate surface area is 146 Å². The van der Waals surface area contributed by atoms with Crippen molar-refractivity contribution in [2.45, 2.75) is 45.7 Å². The smallest absolute Gasteiger partial charge is 0.194 e. The molecule has 8 heteroatoms. The van der Waals surface area contributed by atoms with E-state index in [4.69, 9.17) is 4.98 Å². The zero-order valence-electron chi connectivity index (χ0n) is 14.6. The molecule has 0 unspecified atom stereocenters. The second kappa shape index (κ2) is 7.74. The first-order chi connectivity index (χ1) is 11.7. The van der Waals surface area contributed by atoms with Crippen molar-refractivity contribution in [2.24, 2.45) is 12.0 Å². The van der Waals surface area contributed by atoms with Gasteiger partial charge in [0.25, 0.3) is 0 Å². The molecule has 1 N–H and O–H groups in total. The van der Waals surface area contributed by atoms with Gasteiger partial charge in [0.2, 0.25) is 0 Å². The molecule has 0 saturated carbocycles. The van der Waals surface area contributed by atoms with Gasteiger partial charge in [-0.25, -0.2) is 15.0 Å². The Morgan fingerprint density at radius 1 is 1.42 bits per heavy atom. The molecule has 130 valence electrons. The van der Waals surface area contributed by atoms with Crippen LogP contribution >= 0.6 is 11.3 Å². The number of hydrogen-bond donors (Lipinski definition) is 1. The number of thiazole rings is 1. The van der Waals surface area contributed by atoms with Gasteiger partial charge in [-0.3, -0.25) is 4.68 Å². The molecule has 0 atom stereocenters. The fourth-order valence-electron chi connectivity index (χ4n) is 2.83. The molecule has 2 aromatic rings. The van der Waals surface area contributed by atoms with E-state index in [1.165, 1.54) is 34.8 Å². The average Bonchev–Trinajstić information content (AvgIpc) is 3.16. The van der Waals surface area contributed by atoms with Gasteiger partial charge in [-0.05, 0) is 32.6 Å². The summed E-state index contributed by atoms with van der Waals surface area (Å²) in [5.41, 5.74) is 1.32. The Morgan fingerprint density at radius 2 is 2.25 bits per heavy atom. The summed E-state index contributed by atoms with van der Waals surface area (Å²) < 4.78 is 1.75. The molecule has 3 rings (SSSR count). The molecule has 2 aromatic heterocycles. The zero-order valence-corrected chi connectivity index (χ0v) is 15.4. The molecule has 1 aliphatic rings. The minimum atomic E-state index is 0.511. The van der Waals surface area contributed by atoms with Crippen molar-refractivity contribution in [3.63, 3.8) is 0 Å². The first-order valence-electron chi connectivity index (χ1n) is 8.47. The number of aliphatic imine (C=N–C) groups is 1. The lowest BCUT2D eigenvalue weighted by Crippen LogP contribution is -2.38. The highest BCUT2D eigenvalue weighted by molar-refractivity contribution is 7.11. The van der Waals surface area contributed by atoms with Crippen LogP contribution in [0, 0.1) is 0 Å². The van der Waals surface area contributed by atoms with Crippen molar-refractivity contribution in [1.29, 1.82) is 0 Å². The van der Waals surface area contributed by atoms with Gasteiger partial charge in [0.05, 0.1) is 12.2 Å². The predicted octanol–water partition coefficient (Wildman–Crippen LogP) is 1.75. The van der Waals surface area contributed by atoms with E-state index in [1.807, 2.05) is 18.4 Å². The molecule has 0 fully saturated rings. The van der Waals surface area contributed by atoms with E-state index in [2.05, 4.69) is 39.3 Å². The molecule has 0 amide bonds. The fourth-order valence-corrected chi connectivity index (χ4v) is 4.04. The first kappa shape index (κ1) is 16.9. The van der Waals surface area contributed by atoms with Crippen LogP contribution < -0.4 is 5.32 Å². The normalized spacial score (nSPS) is 14.5. The second-order valence-corrected chi connectivity index (χ2v) is 7.18. The molecule has 0 saturated heterocycles. The lowest BCUT2D eigenvalue weighted by atomic mass is 10.0. The minimum absolute atomic E-state index is 0.511. The quantitative estimate of drug-likeness (QED) is 0.659. The SMILES string of the molecule is CCNC(=NCc1ncnn1C)N(C)Cc1nc2c(s1)CCCC2. The van der Waals surface area contributed by atoms with E-state index in [-0.39, 0.29) is 0 Å². The fraction of sp³-hybridized carbons (Fsp3) is 0.625. The summed E-state index contributed by atoms with van der Waals surface area (Å²) in [5.74, 6) is 1.72. The van der Waals surface area contributed by atoms with Gasteiger partial charge in [0.1, 0.15) is 23.7 Å². The van der Waals surface area contributed by atoms with Crippen LogP contribution in [0.25, 0.3) is 0 Å².